The zero-order valence-corrected chi connectivity index (χ0v) is 28.8. The highest BCUT2D eigenvalue weighted by atomic mass is 32.3. The first-order valence-corrected chi connectivity index (χ1v) is 19.4. The Morgan fingerprint density at radius 1 is 0.686 bits per heavy atom. The van der Waals surface area contributed by atoms with Gasteiger partial charge in [-0.2, -0.15) is 18.5 Å². The fourth-order valence-electron chi connectivity index (χ4n) is 9.67. The zero-order chi connectivity index (χ0) is 35.0. The van der Waals surface area contributed by atoms with Gasteiger partial charge >= 0.3 is 22.5 Å². The lowest BCUT2D eigenvalue weighted by atomic mass is 9.83. The molecule has 10 rings (SSSR count). The van der Waals surface area contributed by atoms with Crippen LogP contribution in [0.1, 0.15) is 99.2 Å². The van der Waals surface area contributed by atoms with Crippen LogP contribution in [-0.2, 0) is 30.2 Å². The van der Waals surface area contributed by atoms with Crippen molar-refractivity contribution in [2.45, 2.75) is 99.6 Å². The lowest BCUT2D eigenvalue weighted by Crippen LogP contribution is -2.45. The third-order valence-corrected chi connectivity index (χ3v) is 13.9. The number of nitrogens with one attached hydrogen (secondary N) is 2. The molecule has 8 heterocycles. The molecule has 0 unspecified atom stereocenters. The average Bonchev–Trinajstić information content (AvgIpc) is 3.78. The van der Waals surface area contributed by atoms with Gasteiger partial charge in [0.1, 0.15) is 22.6 Å². The van der Waals surface area contributed by atoms with Crippen molar-refractivity contribution < 1.29 is 45.8 Å². The first-order chi connectivity index (χ1) is 24.4. The van der Waals surface area contributed by atoms with Crippen LogP contribution in [0, 0.1) is 10.8 Å². The van der Waals surface area contributed by atoms with E-state index in [4.69, 9.17) is 17.6 Å². The largest absolute Gasteiger partial charge is 0.442 e. The van der Waals surface area contributed by atoms with Crippen LogP contribution in [0.5, 0.6) is 0 Å². The van der Waals surface area contributed by atoms with E-state index in [1.165, 1.54) is 9.80 Å². The molecule has 2 aromatic rings. The van der Waals surface area contributed by atoms with Crippen molar-refractivity contribution in [3.8, 4) is 0 Å². The van der Waals surface area contributed by atoms with Gasteiger partial charge in [-0.25, -0.2) is 9.59 Å². The molecular formula is C32H42N8O10S. The number of rotatable bonds is 8. The Bertz CT molecular complexity index is 1740. The van der Waals surface area contributed by atoms with Crippen LogP contribution in [0.25, 0.3) is 0 Å². The summed E-state index contributed by atoms with van der Waals surface area (Å²) in [6.45, 7) is 3.02. The summed E-state index contributed by atoms with van der Waals surface area (Å²) in [5, 5.41) is 39.1. The number of amides is 4. The lowest BCUT2D eigenvalue weighted by Gasteiger charge is -2.36. The molecule has 8 fully saturated rings. The number of hydrogen-bond donors (Lipinski definition) is 4. The number of carbonyl (C=O) groups excluding carboxylic acids is 2. The van der Waals surface area contributed by atoms with Crippen LogP contribution < -0.4 is 10.6 Å². The quantitative estimate of drug-likeness (QED) is 0.301. The summed E-state index contributed by atoms with van der Waals surface area (Å²) in [5.74, 6) is 0.716. The Labute approximate surface area is 293 Å². The second kappa shape index (κ2) is 10.9. The highest BCUT2D eigenvalue weighted by Gasteiger charge is 2.67. The number of carbonyl (C=O) groups is 2. The smallest absolute Gasteiger partial charge is 0.382 e. The first-order valence-electron chi connectivity index (χ1n) is 18.1. The standard InChI is InChI=1S/C32H42N8O10S/c41-27-37-17-23(29(1-2-29)15-21(37)19-13-25(47-35-19)31(43)5-9-33-10-6-31)39(27)49-51(45,46)50-40-24-18-38(28(40)42)22(16-30(24)3-4-30)20-14-26(48-36-20)32(44)7-11-34-12-8-32/h13-14,21-24,33-34,43-44H,1-12,15-18H2/t21-,22-,23-,24-/m0/s1. The molecule has 4 atom stereocenters. The summed E-state index contributed by atoms with van der Waals surface area (Å²) in [7, 11) is -4.93. The van der Waals surface area contributed by atoms with E-state index in [0.717, 1.165) is 35.8 Å². The van der Waals surface area contributed by atoms with Crippen molar-refractivity contribution in [1.29, 1.82) is 0 Å². The molecule has 18 nitrogen and oxygen atoms in total. The van der Waals surface area contributed by atoms with E-state index >= 15 is 0 Å². The highest BCUT2D eigenvalue weighted by Crippen LogP contribution is 2.63. The van der Waals surface area contributed by atoms with E-state index in [-0.39, 0.29) is 23.9 Å². The molecule has 2 saturated carbocycles. The minimum atomic E-state index is -4.93. The second-order valence-corrected chi connectivity index (χ2v) is 17.2. The van der Waals surface area contributed by atoms with Crippen LogP contribution in [0.4, 0.5) is 9.59 Å². The third kappa shape index (κ3) is 4.99. The number of hydroxylamine groups is 4. The molecule has 2 aromatic heterocycles. The first kappa shape index (κ1) is 32.3. The van der Waals surface area contributed by atoms with E-state index < -0.39 is 57.8 Å². The van der Waals surface area contributed by atoms with Gasteiger partial charge in [0, 0.05) is 25.2 Å². The van der Waals surface area contributed by atoms with Crippen LogP contribution in [0.15, 0.2) is 21.2 Å². The monoisotopic (exact) mass is 730 g/mol. The van der Waals surface area contributed by atoms with E-state index in [9.17, 15) is 28.2 Å². The Morgan fingerprint density at radius 3 is 1.45 bits per heavy atom. The number of fused-ring (bicyclic) bond motifs is 6. The molecule has 4 N–H and O–H groups in total. The molecule has 2 aliphatic carbocycles. The van der Waals surface area contributed by atoms with Gasteiger partial charge < -0.3 is 39.7 Å². The Balaban J connectivity index is 0.859. The molecule has 0 aromatic carbocycles. The molecule has 4 bridgehead atoms. The molecule has 19 heteroatoms. The normalized spacial score (nSPS) is 32.7. The number of piperidine rings is 4. The van der Waals surface area contributed by atoms with Crippen LogP contribution in [0.3, 0.4) is 0 Å². The van der Waals surface area contributed by atoms with Gasteiger partial charge in [-0.1, -0.05) is 10.3 Å². The van der Waals surface area contributed by atoms with Crippen LogP contribution in [-0.4, -0.2) is 112 Å². The van der Waals surface area contributed by atoms with Crippen molar-refractivity contribution in [1.82, 2.24) is 40.9 Å². The maximum absolute atomic E-state index is 13.8. The van der Waals surface area contributed by atoms with Crippen molar-refractivity contribution in [2.75, 3.05) is 39.3 Å². The van der Waals surface area contributed by atoms with Crippen LogP contribution >= 0.6 is 0 Å². The lowest BCUT2D eigenvalue weighted by molar-refractivity contribution is -0.101. The topological polar surface area (TPSA) is 216 Å². The van der Waals surface area contributed by atoms with Gasteiger partial charge in [0.2, 0.25) is 0 Å². The maximum Gasteiger partial charge on any atom is 0.442 e. The summed E-state index contributed by atoms with van der Waals surface area (Å²) in [5.41, 5.74) is -2.02. The number of urea groups is 2. The van der Waals surface area contributed by atoms with E-state index in [1.54, 1.807) is 12.1 Å². The predicted molar refractivity (Wildman–Crippen MR) is 170 cm³/mol. The van der Waals surface area contributed by atoms with Crippen molar-refractivity contribution in [3.63, 3.8) is 0 Å². The fraction of sp³-hybridized carbons (Fsp3) is 0.750. The number of aromatic nitrogens is 2. The van der Waals surface area contributed by atoms with Gasteiger partial charge in [0.15, 0.2) is 11.5 Å². The highest BCUT2D eigenvalue weighted by molar-refractivity contribution is 7.81. The Hall–Kier alpha value is -3.33. The van der Waals surface area contributed by atoms with Crippen molar-refractivity contribution in [2.24, 2.45) is 10.8 Å². The fourth-order valence-corrected chi connectivity index (χ4v) is 10.4. The van der Waals surface area contributed by atoms with E-state index in [2.05, 4.69) is 20.9 Å². The zero-order valence-electron chi connectivity index (χ0n) is 28.0. The van der Waals surface area contributed by atoms with Crippen molar-refractivity contribution in [3.05, 3.63) is 35.0 Å². The summed E-state index contributed by atoms with van der Waals surface area (Å²) in [4.78, 5) is 30.7. The van der Waals surface area contributed by atoms with Crippen LogP contribution in [0.2, 0.25) is 0 Å². The average molecular weight is 731 g/mol. The Morgan fingerprint density at radius 2 is 1.08 bits per heavy atom. The number of nitrogens with zero attached hydrogens (tertiary/aromatic N) is 6. The summed E-state index contributed by atoms with van der Waals surface area (Å²) in [6, 6.07) is 0.108. The summed E-state index contributed by atoms with van der Waals surface area (Å²) >= 11 is 0. The minimum Gasteiger partial charge on any atom is -0.382 e. The maximum atomic E-state index is 13.8. The minimum absolute atomic E-state index is 0.227. The molecule has 6 aliphatic heterocycles. The van der Waals surface area contributed by atoms with Crippen molar-refractivity contribution >= 4 is 22.5 Å². The van der Waals surface area contributed by atoms with Gasteiger partial charge in [-0.3, -0.25) is 0 Å². The third-order valence-electron chi connectivity index (χ3n) is 13.2. The van der Waals surface area contributed by atoms with Gasteiger partial charge in [0.25, 0.3) is 0 Å². The molecule has 6 saturated heterocycles. The number of aliphatic hydroxyl groups is 2. The second-order valence-electron chi connectivity index (χ2n) is 16.1. The SMILES string of the molecule is O=C1N2C[C@H](N1OS(=O)(=O)ON1C(=O)N3C[C@H]1C1(CC1)C[C@H]3c1cc(C3(O)CCNCC3)on1)C1(CC1)C[C@H]2c1cc(C2(O)CCNCC2)on1. The molecule has 2 spiro atoms. The summed E-state index contributed by atoms with van der Waals surface area (Å²) in [6.07, 6.45) is 6.10. The molecule has 0 radical (unpaired) electrons. The van der Waals surface area contributed by atoms with Gasteiger partial charge in [0.05, 0.1) is 24.2 Å². The van der Waals surface area contributed by atoms with Gasteiger partial charge in [-0.05, 0) is 101 Å². The van der Waals surface area contributed by atoms with E-state index in [1.807, 2.05) is 0 Å². The molecule has 8 aliphatic rings. The van der Waals surface area contributed by atoms with Gasteiger partial charge in [-0.15, -0.1) is 8.57 Å². The molecule has 4 amide bonds. The molecular weight excluding hydrogens is 688 g/mol. The summed E-state index contributed by atoms with van der Waals surface area (Å²) < 4.78 is 49.4. The molecule has 51 heavy (non-hydrogen) atoms. The Kier molecular flexibility index (Phi) is 6.89. The number of hydrogen-bond acceptors (Lipinski definition) is 14. The van der Waals surface area contributed by atoms with E-state index in [0.29, 0.717) is 87.6 Å². The molecule has 276 valence electrons. The predicted octanol–water partition coefficient (Wildman–Crippen LogP) is 1.28.